The van der Waals surface area contributed by atoms with E-state index in [-0.39, 0.29) is 25.5 Å². The van der Waals surface area contributed by atoms with E-state index in [1.54, 1.807) is 12.1 Å². The minimum Gasteiger partial charge on any atom is -0.494 e. The molecule has 0 unspecified atom stereocenters. The van der Waals surface area contributed by atoms with Crippen LogP contribution in [0.1, 0.15) is 36.8 Å². The van der Waals surface area contributed by atoms with Crippen LogP contribution in [0.25, 0.3) is 10.4 Å². The van der Waals surface area contributed by atoms with Crippen molar-refractivity contribution in [2.45, 2.75) is 37.6 Å². The van der Waals surface area contributed by atoms with Crippen LogP contribution in [0.3, 0.4) is 0 Å². The Morgan fingerprint density at radius 2 is 1.97 bits per heavy atom. The molecule has 1 saturated heterocycles. The monoisotopic (exact) mass is 478 g/mol. The van der Waals surface area contributed by atoms with E-state index in [0.29, 0.717) is 30.4 Å². The van der Waals surface area contributed by atoms with E-state index in [1.807, 2.05) is 41.4 Å². The molecule has 0 aromatic heterocycles. The van der Waals surface area contributed by atoms with E-state index in [0.717, 1.165) is 43.5 Å². The summed E-state index contributed by atoms with van der Waals surface area (Å²) in [6.45, 7) is 2.17. The summed E-state index contributed by atoms with van der Waals surface area (Å²) in [5.74, 6) is 0.814. The number of hydrogen-bond acceptors (Lipinski definition) is 7. The second kappa shape index (κ2) is 11.7. The van der Waals surface area contributed by atoms with Crippen LogP contribution < -0.4 is 10.2 Å². The van der Waals surface area contributed by atoms with Gasteiger partial charge in [-0.15, -0.1) is 0 Å². The first kappa shape index (κ1) is 24.5. The van der Waals surface area contributed by atoms with Crippen LogP contribution in [0.15, 0.2) is 58.6 Å². The number of benzene rings is 2. The summed E-state index contributed by atoms with van der Waals surface area (Å²) in [7, 11) is 0. The highest BCUT2D eigenvalue weighted by Gasteiger charge is 2.45. The van der Waals surface area contributed by atoms with Gasteiger partial charge in [0.05, 0.1) is 6.61 Å². The lowest BCUT2D eigenvalue weighted by atomic mass is 9.90. The van der Waals surface area contributed by atoms with Gasteiger partial charge in [-0.1, -0.05) is 35.8 Å². The van der Waals surface area contributed by atoms with Crippen LogP contribution in [0.4, 0.5) is 5.69 Å². The molecule has 1 fully saturated rings. The molecular weight excluding hydrogens is 448 g/mol. The predicted octanol–water partition coefficient (Wildman–Crippen LogP) is 3.67. The number of carbonyl (C=O) groups is 1. The van der Waals surface area contributed by atoms with E-state index >= 15 is 0 Å². The van der Waals surface area contributed by atoms with Crippen LogP contribution in [-0.2, 0) is 16.0 Å². The summed E-state index contributed by atoms with van der Waals surface area (Å²) in [5, 5.41) is 14.6. The molecule has 0 aliphatic carbocycles. The van der Waals surface area contributed by atoms with E-state index in [2.05, 4.69) is 15.5 Å². The quantitative estimate of drug-likeness (QED) is 0.233. The molecule has 0 bridgehead atoms. The summed E-state index contributed by atoms with van der Waals surface area (Å²) in [4.78, 5) is 21.3. The predicted molar refractivity (Wildman–Crippen MR) is 131 cm³/mol. The molecule has 0 spiro atoms. The molecule has 2 aliphatic heterocycles. The molecule has 0 radical (unpaired) electrons. The smallest absolute Gasteiger partial charge is 0.266 e. The van der Waals surface area contributed by atoms with Gasteiger partial charge in [0.1, 0.15) is 12.4 Å². The van der Waals surface area contributed by atoms with Gasteiger partial charge in [0.25, 0.3) is 5.91 Å². The summed E-state index contributed by atoms with van der Waals surface area (Å²) in [6, 6.07) is 14.5. The van der Waals surface area contributed by atoms with Gasteiger partial charge in [0.2, 0.25) is 5.90 Å². The highest BCUT2D eigenvalue weighted by atomic mass is 16.5. The standard InChI is InChI=1S/C25H30N6O4/c26-30-28-22-8-3-2-7-20(22)17-25(24(33)29-31-13-4-1-5-14-31)18-35-23(27-25)19-9-11-21(12-10-19)34-16-6-15-32/h2-3,7-12,32H,1,4-6,13-18H2,(H,29,33)/t25-/m0/s1. The van der Waals surface area contributed by atoms with Crippen molar-refractivity contribution >= 4 is 17.5 Å². The molecule has 10 nitrogen and oxygen atoms in total. The van der Waals surface area contributed by atoms with Crippen molar-refractivity contribution in [2.24, 2.45) is 10.1 Å². The van der Waals surface area contributed by atoms with Gasteiger partial charge in [0, 0.05) is 48.7 Å². The molecule has 35 heavy (non-hydrogen) atoms. The summed E-state index contributed by atoms with van der Waals surface area (Å²) < 4.78 is 11.6. The Morgan fingerprint density at radius 1 is 1.20 bits per heavy atom. The van der Waals surface area contributed by atoms with Gasteiger partial charge in [0.15, 0.2) is 5.54 Å². The fourth-order valence-corrected chi connectivity index (χ4v) is 4.20. The highest BCUT2D eigenvalue weighted by Crippen LogP contribution is 2.31. The SMILES string of the molecule is [N-]=[N+]=Nc1ccccc1C[C@@]1(C(=O)NN2CCCCC2)COC(c2ccc(OCCCO)cc2)=N1. The van der Waals surface area contributed by atoms with Crippen molar-refractivity contribution in [3.63, 3.8) is 0 Å². The number of carbonyl (C=O) groups excluding carboxylic acids is 1. The Bertz CT molecular complexity index is 1090. The lowest BCUT2D eigenvalue weighted by Gasteiger charge is -2.31. The summed E-state index contributed by atoms with van der Waals surface area (Å²) in [5.41, 5.74) is 12.7. The molecule has 0 saturated carbocycles. The van der Waals surface area contributed by atoms with Crippen molar-refractivity contribution in [1.29, 1.82) is 0 Å². The Labute approximate surface area is 204 Å². The van der Waals surface area contributed by atoms with Gasteiger partial charge in [-0.05, 0) is 48.2 Å². The van der Waals surface area contributed by atoms with Crippen molar-refractivity contribution < 1.29 is 19.4 Å². The number of rotatable bonds is 10. The minimum absolute atomic E-state index is 0.0708. The average Bonchev–Trinajstić information content (AvgIpc) is 3.32. The van der Waals surface area contributed by atoms with E-state index in [9.17, 15) is 4.79 Å². The number of ether oxygens (including phenoxy) is 2. The zero-order valence-corrected chi connectivity index (χ0v) is 19.6. The number of nitrogens with zero attached hydrogens (tertiary/aromatic N) is 5. The van der Waals surface area contributed by atoms with Crippen LogP contribution >= 0.6 is 0 Å². The molecular formula is C25H30N6O4. The maximum absolute atomic E-state index is 13.6. The Balaban J connectivity index is 1.60. The zero-order chi connectivity index (χ0) is 24.5. The molecule has 1 atom stereocenters. The Hall–Kier alpha value is -3.59. The maximum atomic E-state index is 13.6. The van der Waals surface area contributed by atoms with Gasteiger partial charge >= 0.3 is 0 Å². The second-order valence-electron chi connectivity index (χ2n) is 8.67. The van der Waals surface area contributed by atoms with Gasteiger partial charge in [-0.3, -0.25) is 10.2 Å². The van der Waals surface area contributed by atoms with E-state index < -0.39 is 5.54 Å². The Morgan fingerprint density at radius 3 is 2.71 bits per heavy atom. The number of aliphatic hydroxyl groups excluding tert-OH is 1. The van der Waals surface area contributed by atoms with Crippen molar-refractivity contribution in [2.75, 3.05) is 32.9 Å². The van der Waals surface area contributed by atoms with Crippen LogP contribution in [-0.4, -0.2) is 60.4 Å². The van der Waals surface area contributed by atoms with Crippen molar-refractivity contribution in [1.82, 2.24) is 10.4 Å². The number of aliphatic hydroxyl groups is 1. The lowest BCUT2D eigenvalue weighted by Crippen LogP contribution is -2.55. The molecule has 2 aromatic rings. The number of amides is 1. The first-order chi connectivity index (χ1) is 17.1. The zero-order valence-electron chi connectivity index (χ0n) is 19.6. The fourth-order valence-electron chi connectivity index (χ4n) is 4.20. The second-order valence-corrected chi connectivity index (χ2v) is 8.67. The van der Waals surface area contributed by atoms with Crippen LogP contribution in [0.5, 0.6) is 5.75 Å². The number of hydrazine groups is 1. The van der Waals surface area contributed by atoms with Gasteiger partial charge < -0.3 is 14.6 Å². The van der Waals surface area contributed by atoms with Gasteiger partial charge in [-0.2, -0.15) is 0 Å². The van der Waals surface area contributed by atoms with Crippen molar-refractivity contribution in [3.8, 4) is 5.75 Å². The lowest BCUT2D eigenvalue weighted by molar-refractivity contribution is -0.132. The van der Waals surface area contributed by atoms with E-state index in [1.165, 1.54) is 0 Å². The first-order valence-corrected chi connectivity index (χ1v) is 11.9. The van der Waals surface area contributed by atoms with Gasteiger partial charge in [-0.25, -0.2) is 10.0 Å². The third-order valence-corrected chi connectivity index (χ3v) is 6.10. The average molecular weight is 479 g/mol. The minimum atomic E-state index is -1.20. The topological polar surface area (TPSA) is 132 Å². The molecule has 2 N–H and O–H groups in total. The molecule has 1 amide bonds. The molecule has 2 aliphatic rings. The summed E-state index contributed by atoms with van der Waals surface area (Å²) >= 11 is 0. The number of nitrogens with one attached hydrogen (secondary N) is 1. The Kier molecular flexibility index (Phi) is 8.20. The number of azide groups is 1. The molecule has 10 heteroatoms. The first-order valence-electron chi connectivity index (χ1n) is 11.9. The number of hydrogen-bond donors (Lipinski definition) is 2. The maximum Gasteiger partial charge on any atom is 0.266 e. The largest absolute Gasteiger partial charge is 0.494 e. The normalized spacial score (nSPS) is 19.9. The molecule has 2 aromatic carbocycles. The number of piperidine rings is 1. The van der Waals surface area contributed by atoms with E-state index in [4.69, 9.17) is 25.1 Å². The molecule has 184 valence electrons. The highest BCUT2D eigenvalue weighted by molar-refractivity contribution is 6.00. The van der Waals surface area contributed by atoms with Crippen molar-refractivity contribution in [3.05, 3.63) is 70.1 Å². The molecule has 2 heterocycles. The third-order valence-electron chi connectivity index (χ3n) is 6.10. The molecule has 4 rings (SSSR count). The third kappa shape index (κ3) is 6.10. The van der Waals surface area contributed by atoms with Crippen LogP contribution in [0.2, 0.25) is 0 Å². The summed E-state index contributed by atoms with van der Waals surface area (Å²) in [6.07, 6.45) is 4.01. The number of aliphatic imine (C=N–C) groups is 1. The fraction of sp³-hybridized carbons (Fsp3) is 0.440. The van der Waals surface area contributed by atoms with Crippen LogP contribution in [0, 0.1) is 0 Å².